The van der Waals surface area contributed by atoms with Crippen LogP contribution < -0.4 is 14.8 Å². The number of halogens is 1. The first kappa shape index (κ1) is 22.4. The van der Waals surface area contributed by atoms with E-state index in [-0.39, 0.29) is 23.5 Å². The summed E-state index contributed by atoms with van der Waals surface area (Å²) in [7, 11) is -2.03. The molecule has 2 aromatic rings. The van der Waals surface area contributed by atoms with Gasteiger partial charge in [0, 0.05) is 24.2 Å². The van der Waals surface area contributed by atoms with E-state index in [1.807, 2.05) is 6.92 Å². The molecule has 0 spiro atoms. The maximum absolute atomic E-state index is 12.8. The third-order valence-corrected chi connectivity index (χ3v) is 7.16. The Morgan fingerprint density at radius 2 is 1.83 bits per heavy atom. The van der Waals surface area contributed by atoms with E-state index in [0.717, 1.165) is 5.56 Å². The van der Waals surface area contributed by atoms with Gasteiger partial charge in [0.05, 0.1) is 12.0 Å². The summed E-state index contributed by atoms with van der Waals surface area (Å²) >= 11 is 5.92. The number of nitrogens with zero attached hydrogens (tertiary/aromatic N) is 1. The number of methoxy groups -OCH3 is 1. The predicted molar refractivity (Wildman–Crippen MR) is 115 cm³/mol. The highest BCUT2D eigenvalue weighted by atomic mass is 35.5. The number of ether oxygens (including phenoxy) is 2. The van der Waals surface area contributed by atoms with Gasteiger partial charge in [0.15, 0.2) is 6.61 Å². The summed E-state index contributed by atoms with van der Waals surface area (Å²) in [6, 6.07) is 11.5. The van der Waals surface area contributed by atoms with Gasteiger partial charge in [-0.15, -0.1) is 0 Å². The van der Waals surface area contributed by atoms with Crippen LogP contribution in [0.1, 0.15) is 18.4 Å². The number of rotatable bonds is 7. The topological polar surface area (TPSA) is 84.9 Å². The van der Waals surface area contributed by atoms with E-state index in [4.69, 9.17) is 21.1 Å². The van der Waals surface area contributed by atoms with Crippen LogP contribution in [0.3, 0.4) is 0 Å². The van der Waals surface area contributed by atoms with Gasteiger partial charge in [-0.2, -0.15) is 4.31 Å². The number of sulfonamides is 1. The second kappa shape index (κ2) is 9.68. The van der Waals surface area contributed by atoms with Crippen molar-refractivity contribution >= 4 is 27.5 Å². The van der Waals surface area contributed by atoms with Crippen molar-refractivity contribution in [1.29, 1.82) is 0 Å². The van der Waals surface area contributed by atoms with E-state index in [1.165, 1.54) is 23.5 Å². The molecule has 30 heavy (non-hydrogen) atoms. The standard InChI is InChI=1S/C21H25ClN2O5S/c1-15-13-16(22)3-8-20(15)29-14-21(25)23-17-9-11-24(12-10-17)30(26,27)19-6-4-18(28-2)5-7-19/h3-8,13,17H,9-12,14H2,1-2H3,(H,23,25). The molecule has 3 rings (SSSR count). The summed E-state index contributed by atoms with van der Waals surface area (Å²) in [5.41, 5.74) is 0.854. The Morgan fingerprint density at radius 1 is 1.17 bits per heavy atom. The van der Waals surface area contributed by atoms with Crippen molar-refractivity contribution < 1.29 is 22.7 Å². The number of aryl methyl sites for hydroxylation is 1. The first-order chi connectivity index (χ1) is 14.3. The lowest BCUT2D eigenvalue weighted by Gasteiger charge is -2.31. The Bertz CT molecular complexity index is 987. The fraction of sp³-hybridized carbons (Fsp3) is 0.381. The zero-order valence-electron chi connectivity index (χ0n) is 16.9. The van der Waals surface area contributed by atoms with Crippen LogP contribution in [0.15, 0.2) is 47.4 Å². The van der Waals surface area contributed by atoms with Crippen molar-refractivity contribution in [2.75, 3.05) is 26.8 Å². The predicted octanol–water partition coefficient (Wildman–Crippen LogP) is 3.01. The molecule has 1 N–H and O–H groups in total. The van der Waals surface area contributed by atoms with Crippen LogP contribution in [0.5, 0.6) is 11.5 Å². The fourth-order valence-electron chi connectivity index (χ4n) is 3.32. The molecule has 0 radical (unpaired) electrons. The molecule has 1 saturated heterocycles. The van der Waals surface area contributed by atoms with E-state index < -0.39 is 10.0 Å². The summed E-state index contributed by atoms with van der Waals surface area (Å²) in [5, 5.41) is 3.53. The summed E-state index contributed by atoms with van der Waals surface area (Å²) in [4.78, 5) is 12.5. The number of nitrogens with one attached hydrogen (secondary N) is 1. The van der Waals surface area contributed by atoms with Gasteiger partial charge in [0.1, 0.15) is 11.5 Å². The largest absolute Gasteiger partial charge is 0.497 e. The lowest BCUT2D eigenvalue weighted by atomic mass is 10.1. The lowest BCUT2D eigenvalue weighted by molar-refractivity contribution is -0.124. The third-order valence-electron chi connectivity index (χ3n) is 5.01. The Balaban J connectivity index is 1.49. The number of hydrogen-bond donors (Lipinski definition) is 1. The van der Waals surface area contributed by atoms with E-state index in [1.54, 1.807) is 30.3 Å². The second-order valence-electron chi connectivity index (χ2n) is 7.12. The number of carbonyl (C=O) groups excluding carboxylic acids is 1. The number of piperidine rings is 1. The quantitative estimate of drug-likeness (QED) is 0.698. The maximum Gasteiger partial charge on any atom is 0.258 e. The van der Waals surface area contributed by atoms with Crippen molar-refractivity contribution in [1.82, 2.24) is 9.62 Å². The van der Waals surface area contributed by atoms with Gasteiger partial charge in [0.25, 0.3) is 5.91 Å². The van der Waals surface area contributed by atoms with Crippen molar-refractivity contribution in [3.63, 3.8) is 0 Å². The molecular formula is C21H25ClN2O5S. The van der Waals surface area contributed by atoms with Gasteiger partial charge in [-0.25, -0.2) is 8.42 Å². The highest BCUT2D eigenvalue weighted by Crippen LogP contribution is 2.23. The second-order valence-corrected chi connectivity index (χ2v) is 9.49. The molecule has 9 heteroatoms. The van der Waals surface area contributed by atoms with Crippen LogP contribution in [0.2, 0.25) is 5.02 Å². The molecule has 0 bridgehead atoms. The van der Waals surface area contributed by atoms with Gasteiger partial charge in [0.2, 0.25) is 10.0 Å². The van der Waals surface area contributed by atoms with E-state index in [9.17, 15) is 13.2 Å². The van der Waals surface area contributed by atoms with Crippen LogP contribution in [0.4, 0.5) is 0 Å². The average Bonchev–Trinajstić information content (AvgIpc) is 2.73. The number of amides is 1. The Labute approximate surface area is 182 Å². The minimum atomic E-state index is -3.56. The van der Waals surface area contributed by atoms with Crippen LogP contribution in [0, 0.1) is 6.92 Å². The normalized spacial score (nSPS) is 15.6. The first-order valence-electron chi connectivity index (χ1n) is 9.62. The maximum atomic E-state index is 12.8. The highest BCUT2D eigenvalue weighted by Gasteiger charge is 2.30. The Kier molecular flexibility index (Phi) is 7.23. The Morgan fingerprint density at radius 3 is 2.43 bits per heavy atom. The van der Waals surface area contributed by atoms with Gasteiger partial charge >= 0.3 is 0 Å². The molecule has 1 aliphatic rings. The number of hydrogen-bond acceptors (Lipinski definition) is 5. The molecule has 1 fully saturated rings. The van der Waals surface area contributed by atoms with Crippen LogP contribution in [-0.4, -0.2) is 51.5 Å². The van der Waals surface area contributed by atoms with E-state index >= 15 is 0 Å². The molecule has 7 nitrogen and oxygen atoms in total. The van der Waals surface area contributed by atoms with E-state index in [0.29, 0.717) is 42.5 Å². The molecule has 162 valence electrons. The number of benzene rings is 2. The molecule has 0 atom stereocenters. The molecular weight excluding hydrogens is 428 g/mol. The highest BCUT2D eigenvalue weighted by molar-refractivity contribution is 7.89. The summed E-state index contributed by atoms with van der Waals surface area (Å²) < 4.78 is 37.7. The molecule has 1 heterocycles. The molecule has 2 aromatic carbocycles. The summed E-state index contributed by atoms with van der Waals surface area (Å²) in [5.74, 6) is 0.974. The SMILES string of the molecule is COc1ccc(S(=O)(=O)N2CCC(NC(=O)COc3ccc(Cl)cc3C)CC2)cc1. The molecule has 1 amide bonds. The summed E-state index contributed by atoms with van der Waals surface area (Å²) in [6.45, 7) is 2.44. The monoisotopic (exact) mass is 452 g/mol. The van der Waals surface area contributed by atoms with Crippen molar-refractivity contribution in [3.8, 4) is 11.5 Å². The lowest BCUT2D eigenvalue weighted by Crippen LogP contribution is -2.47. The molecule has 0 aliphatic carbocycles. The van der Waals surface area contributed by atoms with Crippen LogP contribution in [-0.2, 0) is 14.8 Å². The zero-order valence-corrected chi connectivity index (χ0v) is 18.5. The third kappa shape index (κ3) is 5.44. The van der Waals surface area contributed by atoms with Crippen molar-refractivity contribution in [2.24, 2.45) is 0 Å². The minimum absolute atomic E-state index is 0.0882. The van der Waals surface area contributed by atoms with Gasteiger partial charge in [-0.05, 0) is 67.8 Å². The van der Waals surface area contributed by atoms with Crippen molar-refractivity contribution in [3.05, 3.63) is 53.1 Å². The van der Waals surface area contributed by atoms with Gasteiger partial charge < -0.3 is 14.8 Å². The number of carbonyl (C=O) groups is 1. The average molecular weight is 453 g/mol. The smallest absolute Gasteiger partial charge is 0.258 e. The summed E-state index contributed by atoms with van der Waals surface area (Å²) in [6.07, 6.45) is 1.09. The first-order valence-corrected chi connectivity index (χ1v) is 11.4. The van der Waals surface area contributed by atoms with Gasteiger partial charge in [-0.3, -0.25) is 4.79 Å². The fourth-order valence-corrected chi connectivity index (χ4v) is 5.02. The van der Waals surface area contributed by atoms with E-state index in [2.05, 4.69) is 5.32 Å². The van der Waals surface area contributed by atoms with Crippen LogP contribution in [0.25, 0.3) is 0 Å². The molecule has 0 unspecified atom stereocenters. The molecule has 1 aliphatic heterocycles. The minimum Gasteiger partial charge on any atom is -0.497 e. The molecule has 0 saturated carbocycles. The van der Waals surface area contributed by atoms with Gasteiger partial charge in [-0.1, -0.05) is 11.6 Å². The molecule has 0 aromatic heterocycles. The Hall–Kier alpha value is -2.29. The van der Waals surface area contributed by atoms with Crippen molar-refractivity contribution in [2.45, 2.75) is 30.7 Å². The van der Waals surface area contributed by atoms with Crippen LogP contribution >= 0.6 is 11.6 Å². The zero-order chi connectivity index (χ0) is 21.7.